The zero-order chi connectivity index (χ0) is 28.9. The second-order valence-electron chi connectivity index (χ2n) is 15.0. The van der Waals surface area contributed by atoms with Gasteiger partial charge in [-0.3, -0.25) is 0 Å². The number of nitrogens with zero attached hydrogens (tertiary/aromatic N) is 1. The van der Waals surface area contributed by atoms with Crippen molar-refractivity contribution in [1.82, 2.24) is 9.62 Å². The van der Waals surface area contributed by atoms with Gasteiger partial charge in [0.25, 0.3) is 0 Å². The van der Waals surface area contributed by atoms with Crippen molar-refractivity contribution in [3.05, 3.63) is 0 Å². The number of rotatable bonds is 7. The first-order chi connectivity index (χ1) is 18.9. The predicted molar refractivity (Wildman–Crippen MR) is 158 cm³/mol. The van der Waals surface area contributed by atoms with E-state index in [0.29, 0.717) is 49.0 Å². The first-order valence-electron chi connectivity index (χ1n) is 16.5. The number of aliphatic hydroxyl groups excluding tert-OH is 2. The molecule has 5 saturated carbocycles. The molecule has 8 heteroatoms. The van der Waals surface area contributed by atoms with Gasteiger partial charge >= 0.3 is 6.03 Å². The van der Waals surface area contributed by atoms with Crippen LogP contribution in [0.4, 0.5) is 4.79 Å². The number of fused-ring (bicyclic) bond motifs is 5. The van der Waals surface area contributed by atoms with Crippen LogP contribution >= 0.6 is 0 Å². The third-order valence-electron chi connectivity index (χ3n) is 13.2. The summed E-state index contributed by atoms with van der Waals surface area (Å²) in [6.07, 6.45) is 14.2. The maximum Gasteiger partial charge on any atom is 0.330 e. The number of aliphatic hydroxyl groups is 2. The van der Waals surface area contributed by atoms with Gasteiger partial charge in [-0.25, -0.2) is 17.9 Å². The van der Waals surface area contributed by atoms with Crippen LogP contribution in [0.15, 0.2) is 0 Å². The van der Waals surface area contributed by atoms with E-state index in [1.807, 2.05) is 0 Å². The smallest absolute Gasteiger partial charge is 0.330 e. The minimum absolute atomic E-state index is 0.211. The molecule has 5 aliphatic carbocycles. The van der Waals surface area contributed by atoms with E-state index in [1.54, 1.807) is 11.9 Å². The maximum absolute atomic E-state index is 12.7. The summed E-state index contributed by atoms with van der Waals surface area (Å²) in [6, 6.07) is -0.502. The lowest BCUT2D eigenvalue weighted by Crippen LogP contribution is -2.62. The molecule has 3 N–H and O–H groups in total. The normalized spacial score (nSPS) is 43.9. The summed E-state index contributed by atoms with van der Waals surface area (Å²) >= 11 is 0. The molecular weight excluding hydrogens is 524 g/mol. The summed E-state index contributed by atoms with van der Waals surface area (Å²) in [5.41, 5.74) is 0.431. The van der Waals surface area contributed by atoms with Crippen LogP contribution in [0, 0.1) is 46.3 Å². The van der Waals surface area contributed by atoms with E-state index in [-0.39, 0.29) is 29.0 Å². The van der Waals surface area contributed by atoms with Gasteiger partial charge in [-0.1, -0.05) is 46.5 Å². The Kier molecular flexibility index (Phi) is 8.93. The third-order valence-corrected chi connectivity index (χ3v) is 15.0. The lowest BCUT2D eigenvalue weighted by atomic mass is 9.41. The Morgan fingerprint density at radius 3 is 2.30 bits per heavy atom. The Hall–Kier alpha value is -0.860. The Bertz CT molecular complexity index is 1010. The predicted octanol–water partition coefficient (Wildman–Crippen LogP) is 5.70. The first kappa shape index (κ1) is 30.6. The van der Waals surface area contributed by atoms with Gasteiger partial charge in [0.1, 0.15) is 0 Å². The van der Waals surface area contributed by atoms with Gasteiger partial charge in [0, 0.05) is 13.6 Å². The fourth-order valence-corrected chi connectivity index (χ4v) is 12.4. The highest BCUT2D eigenvalue weighted by atomic mass is 32.2. The Morgan fingerprint density at radius 1 is 0.925 bits per heavy atom. The molecule has 7 nitrogen and oxygen atoms in total. The van der Waals surface area contributed by atoms with Crippen LogP contribution in [0.25, 0.3) is 0 Å². The minimum atomic E-state index is -3.61. The number of nitrogens with one attached hydrogen (secondary N) is 1. The van der Waals surface area contributed by atoms with Crippen LogP contribution in [0.5, 0.6) is 0 Å². The van der Waals surface area contributed by atoms with Gasteiger partial charge in [0.05, 0.1) is 17.5 Å². The molecule has 0 aromatic carbocycles. The quantitative estimate of drug-likeness (QED) is 0.358. The Balaban J connectivity index is 1.19. The fraction of sp³-hybridized carbons (Fsp3) is 0.969. The van der Waals surface area contributed by atoms with Crippen LogP contribution in [0.1, 0.15) is 117 Å². The van der Waals surface area contributed by atoms with Crippen LogP contribution in [0.2, 0.25) is 0 Å². The van der Waals surface area contributed by atoms with Crippen LogP contribution in [-0.4, -0.2) is 60.6 Å². The van der Waals surface area contributed by atoms with E-state index in [1.165, 1.54) is 25.7 Å². The van der Waals surface area contributed by atoms with Gasteiger partial charge in [0.15, 0.2) is 0 Å². The molecule has 0 bridgehead atoms. The van der Waals surface area contributed by atoms with E-state index < -0.39 is 21.3 Å². The van der Waals surface area contributed by atoms with Crippen molar-refractivity contribution in [3.8, 4) is 0 Å². The van der Waals surface area contributed by atoms with E-state index in [9.17, 15) is 23.4 Å². The maximum atomic E-state index is 12.7. The average Bonchev–Trinajstić information content (AvgIpc) is 3.26. The molecule has 10 atom stereocenters. The number of amides is 2. The molecule has 0 radical (unpaired) electrons. The molecule has 5 fully saturated rings. The molecule has 40 heavy (non-hydrogen) atoms. The van der Waals surface area contributed by atoms with Gasteiger partial charge in [0.2, 0.25) is 10.0 Å². The summed E-state index contributed by atoms with van der Waals surface area (Å²) in [7, 11) is -1.91. The van der Waals surface area contributed by atoms with Crippen molar-refractivity contribution >= 4 is 16.1 Å². The molecular formula is C32H56N2O5S. The molecule has 0 unspecified atom stereocenters. The van der Waals surface area contributed by atoms with Crippen molar-refractivity contribution in [2.24, 2.45) is 46.3 Å². The zero-order valence-electron chi connectivity index (χ0n) is 25.5. The van der Waals surface area contributed by atoms with Crippen molar-refractivity contribution in [2.75, 3.05) is 13.6 Å². The van der Waals surface area contributed by atoms with Crippen LogP contribution in [0.3, 0.4) is 0 Å². The largest absolute Gasteiger partial charge is 0.393 e. The summed E-state index contributed by atoms with van der Waals surface area (Å²) in [4.78, 5) is 14.3. The summed E-state index contributed by atoms with van der Waals surface area (Å²) < 4.78 is 27.8. The van der Waals surface area contributed by atoms with Crippen LogP contribution in [-0.2, 0) is 10.0 Å². The van der Waals surface area contributed by atoms with Crippen molar-refractivity contribution < 1.29 is 23.4 Å². The van der Waals surface area contributed by atoms with Crippen LogP contribution < -0.4 is 4.72 Å². The van der Waals surface area contributed by atoms with Crippen molar-refractivity contribution in [2.45, 2.75) is 135 Å². The molecule has 0 heterocycles. The summed E-state index contributed by atoms with van der Waals surface area (Å²) in [5.74, 6) is 2.70. The van der Waals surface area contributed by atoms with E-state index in [2.05, 4.69) is 25.5 Å². The van der Waals surface area contributed by atoms with Crippen molar-refractivity contribution in [1.29, 1.82) is 0 Å². The molecule has 2 amide bonds. The highest BCUT2D eigenvalue weighted by Gasteiger charge is 2.64. The highest BCUT2D eigenvalue weighted by Crippen LogP contribution is 2.69. The van der Waals surface area contributed by atoms with E-state index >= 15 is 0 Å². The zero-order valence-corrected chi connectivity index (χ0v) is 26.3. The van der Waals surface area contributed by atoms with E-state index in [4.69, 9.17) is 0 Å². The number of carbonyl (C=O) groups is 1. The lowest BCUT2D eigenvalue weighted by molar-refractivity contribution is -0.202. The second-order valence-corrected chi connectivity index (χ2v) is 16.9. The second kappa shape index (κ2) is 11.7. The van der Waals surface area contributed by atoms with Gasteiger partial charge < -0.3 is 15.1 Å². The molecule has 0 aliphatic heterocycles. The third kappa shape index (κ3) is 5.36. The number of hydrogen-bond acceptors (Lipinski definition) is 5. The molecule has 0 aromatic rings. The first-order valence-corrected chi connectivity index (χ1v) is 18.1. The number of hydrogen-bond donors (Lipinski definition) is 3. The van der Waals surface area contributed by atoms with Gasteiger partial charge in [-0.05, 0) is 117 Å². The lowest BCUT2D eigenvalue weighted by Gasteiger charge is -2.64. The molecule has 230 valence electrons. The number of urea groups is 1. The topological polar surface area (TPSA) is 107 Å². The molecule has 5 rings (SSSR count). The molecule has 5 aliphatic rings. The monoisotopic (exact) mass is 580 g/mol. The summed E-state index contributed by atoms with van der Waals surface area (Å²) in [6.45, 7) is 7.74. The Morgan fingerprint density at radius 2 is 1.60 bits per heavy atom. The molecule has 0 aromatic heterocycles. The number of sulfonamides is 1. The molecule has 0 saturated heterocycles. The molecule has 0 spiro atoms. The Labute approximate surface area is 243 Å². The standard InChI is InChI=1S/C32H56N2O5S/c1-5-24-27-20-22(35)15-17-32(27,3)26-16-18-31(2)21(13-14-25(31)28(26)29(24)36)10-9-19-34(4)30(37)33-40(38,39)23-11-7-6-8-12-23/h21-29,35-36H,5-20H2,1-4H3,(H,33,37)/t21-,22+,24+,25-,26-,27-,28-,29+,31+,32+/m0/s1. The highest BCUT2D eigenvalue weighted by molar-refractivity contribution is 7.90. The van der Waals surface area contributed by atoms with E-state index in [0.717, 1.165) is 57.8 Å². The van der Waals surface area contributed by atoms with Gasteiger partial charge in [-0.2, -0.15) is 0 Å². The van der Waals surface area contributed by atoms with Gasteiger partial charge in [-0.15, -0.1) is 0 Å². The average molecular weight is 581 g/mol. The SMILES string of the molecule is CC[C@H]1[C@@H](O)[C@@H]2[C@H](CC[C@]3(C)[C@@H](CCCN(C)C(=O)NS(=O)(=O)C4CCCCC4)CC[C@@H]23)[C@@]2(C)CC[C@@H](O)C[C@@H]12. The van der Waals surface area contributed by atoms with Crippen molar-refractivity contribution in [3.63, 3.8) is 0 Å². The number of carbonyl (C=O) groups excluding carboxylic acids is 1. The fourth-order valence-electron chi connectivity index (χ4n) is 10.9. The minimum Gasteiger partial charge on any atom is -0.393 e. The summed E-state index contributed by atoms with van der Waals surface area (Å²) in [5, 5.41) is 21.9.